The first kappa shape index (κ1) is 18.2. The summed E-state index contributed by atoms with van der Waals surface area (Å²) in [6.45, 7) is -0.227. The zero-order valence-electron chi connectivity index (χ0n) is 14.3. The molecule has 3 rings (SSSR count). The lowest BCUT2D eigenvalue weighted by atomic mass is 10.2. The molecule has 27 heavy (non-hydrogen) atoms. The first-order chi connectivity index (χ1) is 13.0. The third-order valence-electron chi connectivity index (χ3n) is 4.07. The van der Waals surface area contributed by atoms with Crippen molar-refractivity contribution in [3.05, 3.63) is 70.9 Å². The van der Waals surface area contributed by atoms with Crippen molar-refractivity contribution in [2.45, 2.75) is 13.0 Å². The topological polar surface area (TPSA) is 98.3 Å². The minimum atomic E-state index is -0.568. The van der Waals surface area contributed by atoms with Crippen LogP contribution < -0.4 is 16.2 Å². The average Bonchev–Trinajstić information content (AvgIpc) is 2.65. The Labute approximate surface area is 153 Å². The van der Waals surface area contributed by atoms with E-state index < -0.39 is 23.2 Å². The number of halogens is 1. The smallest absolute Gasteiger partial charge is 0.269 e. The van der Waals surface area contributed by atoms with E-state index in [0.717, 1.165) is 6.20 Å². The van der Waals surface area contributed by atoms with E-state index in [0.29, 0.717) is 16.7 Å². The second-order valence-corrected chi connectivity index (χ2v) is 5.91. The standard InChI is InChI=1S/C19H17FN4O3/c20-13-5-7-14(8-6-13)23(10-9-17(21)25)19(27)12-24-16-4-2-1-3-15(16)22-11-18(24)26/h1-8,11H,9-10,12H2,(H2,21,25). The lowest BCUT2D eigenvalue weighted by Gasteiger charge is -2.23. The minimum absolute atomic E-state index is 0.0254. The largest absolute Gasteiger partial charge is 0.370 e. The molecule has 0 spiro atoms. The highest BCUT2D eigenvalue weighted by atomic mass is 19.1. The van der Waals surface area contributed by atoms with Crippen LogP contribution in [0.3, 0.4) is 0 Å². The first-order valence-corrected chi connectivity index (χ1v) is 8.24. The number of fused-ring (bicyclic) bond motifs is 1. The molecule has 1 aromatic heterocycles. The maximum Gasteiger partial charge on any atom is 0.269 e. The van der Waals surface area contributed by atoms with Gasteiger partial charge in [-0.1, -0.05) is 12.1 Å². The molecule has 0 unspecified atom stereocenters. The van der Waals surface area contributed by atoms with E-state index in [1.807, 2.05) is 0 Å². The van der Waals surface area contributed by atoms with Crippen molar-refractivity contribution >= 4 is 28.5 Å². The van der Waals surface area contributed by atoms with Crippen molar-refractivity contribution < 1.29 is 14.0 Å². The van der Waals surface area contributed by atoms with Gasteiger partial charge in [-0.15, -0.1) is 0 Å². The second-order valence-electron chi connectivity index (χ2n) is 5.91. The van der Waals surface area contributed by atoms with Gasteiger partial charge in [-0.25, -0.2) is 9.37 Å². The third-order valence-corrected chi connectivity index (χ3v) is 4.07. The van der Waals surface area contributed by atoms with Crippen molar-refractivity contribution in [1.82, 2.24) is 9.55 Å². The Hall–Kier alpha value is -3.55. The number of benzene rings is 2. The molecule has 0 atom stereocenters. The van der Waals surface area contributed by atoms with Gasteiger partial charge < -0.3 is 10.6 Å². The van der Waals surface area contributed by atoms with Gasteiger partial charge in [-0.05, 0) is 36.4 Å². The summed E-state index contributed by atoms with van der Waals surface area (Å²) in [6, 6.07) is 12.3. The molecule has 0 radical (unpaired) electrons. The van der Waals surface area contributed by atoms with Crippen LogP contribution in [0.2, 0.25) is 0 Å². The summed E-state index contributed by atoms with van der Waals surface area (Å²) in [6.07, 6.45) is 1.09. The molecular formula is C19H17FN4O3. The van der Waals surface area contributed by atoms with E-state index in [4.69, 9.17) is 5.73 Å². The molecule has 0 bridgehead atoms. The number of aromatic nitrogens is 2. The van der Waals surface area contributed by atoms with Crippen LogP contribution in [0, 0.1) is 5.82 Å². The Balaban J connectivity index is 1.95. The van der Waals surface area contributed by atoms with Gasteiger partial charge in [0.1, 0.15) is 12.4 Å². The summed E-state index contributed by atoms with van der Waals surface area (Å²) in [5.41, 5.74) is 6.28. The van der Waals surface area contributed by atoms with Crippen LogP contribution in [0.4, 0.5) is 10.1 Å². The highest BCUT2D eigenvalue weighted by molar-refractivity contribution is 5.94. The molecular weight excluding hydrogens is 351 g/mol. The third kappa shape index (κ3) is 4.17. The maximum absolute atomic E-state index is 13.2. The average molecular weight is 368 g/mol. The molecule has 2 amide bonds. The fourth-order valence-electron chi connectivity index (χ4n) is 2.74. The van der Waals surface area contributed by atoms with Crippen LogP contribution in [-0.4, -0.2) is 27.9 Å². The Morgan fingerprint density at radius 3 is 2.52 bits per heavy atom. The summed E-state index contributed by atoms with van der Waals surface area (Å²) in [4.78, 5) is 41.7. The first-order valence-electron chi connectivity index (χ1n) is 8.24. The number of rotatable bonds is 6. The molecule has 0 saturated carbocycles. The lowest BCUT2D eigenvalue weighted by Crippen LogP contribution is -2.38. The van der Waals surface area contributed by atoms with Gasteiger partial charge >= 0.3 is 0 Å². The predicted octanol–water partition coefficient (Wildman–Crippen LogP) is 1.44. The second kappa shape index (κ2) is 7.77. The number of nitrogens with two attached hydrogens (primary N) is 1. The zero-order chi connectivity index (χ0) is 19.4. The number of hydrogen-bond donors (Lipinski definition) is 1. The Kier molecular flexibility index (Phi) is 5.25. The normalized spacial score (nSPS) is 10.7. The van der Waals surface area contributed by atoms with Gasteiger partial charge in [0.15, 0.2) is 0 Å². The van der Waals surface area contributed by atoms with E-state index in [9.17, 15) is 18.8 Å². The molecule has 0 aliphatic heterocycles. The summed E-state index contributed by atoms with van der Waals surface area (Å²) in [5, 5.41) is 0. The Morgan fingerprint density at radius 2 is 1.81 bits per heavy atom. The van der Waals surface area contributed by atoms with Crippen molar-refractivity contribution in [3.8, 4) is 0 Å². The number of carbonyl (C=O) groups excluding carboxylic acids is 2. The van der Waals surface area contributed by atoms with Crippen LogP contribution in [0.5, 0.6) is 0 Å². The summed E-state index contributed by atoms with van der Waals surface area (Å²) >= 11 is 0. The molecule has 8 heteroatoms. The maximum atomic E-state index is 13.2. The molecule has 138 valence electrons. The van der Waals surface area contributed by atoms with Gasteiger partial charge in [0.2, 0.25) is 11.8 Å². The van der Waals surface area contributed by atoms with Crippen molar-refractivity contribution in [3.63, 3.8) is 0 Å². The van der Waals surface area contributed by atoms with Gasteiger partial charge in [-0.3, -0.25) is 19.0 Å². The van der Waals surface area contributed by atoms with E-state index >= 15 is 0 Å². The van der Waals surface area contributed by atoms with Gasteiger partial charge in [0.05, 0.1) is 17.2 Å². The molecule has 0 fully saturated rings. The van der Waals surface area contributed by atoms with E-state index in [-0.39, 0.29) is 19.5 Å². The summed E-state index contributed by atoms with van der Waals surface area (Å²) in [5.74, 6) is -1.44. The molecule has 3 aromatic rings. The monoisotopic (exact) mass is 368 g/mol. The molecule has 0 aliphatic rings. The Bertz CT molecular complexity index is 1050. The van der Waals surface area contributed by atoms with Crippen LogP contribution in [0.1, 0.15) is 6.42 Å². The fourth-order valence-corrected chi connectivity index (χ4v) is 2.74. The van der Waals surface area contributed by atoms with Crippen LogP contribution >= 0.6 is 0 Å². The van der Waals surface area contributed by atoms with E-state index in [1.54, 1.807) is 24.3 Å². The van der Waals surface area contributed by atoms with Crippen LogP contribution in [0.15, 0.2) is 59.5 Å². The number of para-hydroxylation sites is 2. The quantitative estimate of drug-likeness (QED) is 0.712. The van der Waals surface area contributed by atoms with Crippen molar-refractivity contribution in [1.29, 1.82) is 0 Å². The highest BCUT2D eigenvalue weighted by Gasteiger charge is 2.18. The van der Waals surface area contributed by atoms with Gasteiger partial charge in [0.25, 0.3) is 5.56 Å². The molecule has 7 nitrogen and oxygen atoms in total. The molecule has 0 saturated heterocycles. The number of anilines is 1. The van der Waals surface area contributed by atoms with Gasteiger partial charge in [-0.2, -0.15) is 0 Å². The molecule has 0 aliphatic carbocycles. The van der Waals surface area contributed by atoms with Crippen molar-refractivity contribution in [2.75, 3.05) is 11.4 Å². The number of hydrogen-bond acceptors (Lipinski definition) is 4. The molecule has 2 aromatic carbocycles. The number of primary amides is 1. The number of amides is 2. The zero-order valence-corrected chi connectivity index (χ0v) is 14.3. The van der Waals surface area contributed by atoms with Crippen LogP contribution in [-0.2, 0) is 16.1 Å². The molecule has 1 heterocycles. The Morgan fingerprint density at radius 1 is 1.11 bits per heavy atom. The fraction of sp³-hybridized carbons (Fsp3) is 0.158. The number of carbonyl (C=O) groups is 2. The minimum Gasteiger partial charge on any atom is -0.370 e. The van der Waals surface area contributed by atoms with E-state index in [1.165, 1.54) is 33.7 Å². The molecule has 2 N–H and O–H groups in total. The summed E-state index contributed by atoms with van der Waals surface area (Å²) in [7, 11) is 0. The predicted molar refractivity (Wildman–Crippen MR) is 98.6 cm³/mol. The van der Waals surface area contributed by atoms with Gasteiger partial charge in [0, 0.05) is 18.7 Å². The van der Waals surface area contributed by atoms with Crippen molar-refractivity contribution in [2.24, 2.45) is 5.73 Å². The highest BCUT2D eigenvalue weighted by Crippen LogP contribution is 2.17. The summed E-state index contributed by atoms with van der Waals surface area (Å²) < 4.78 is 14.5. The van der Waals surface area contributed by atoms with Crippen LogP contribution in [0.25, 0.3) is 11.0 Å². The number of nitrogens with zero attached hydrogens (tertiary/aromatic N) is 3. The van der Waals surface area contributed by atoms with E-state index in [2.05, 4.69) is 4.98 Å². The lowest BCUT2D eigenvalue weighted by molar-refractivity contribution is -0.119. The SMILES string of the molecule is NC(=O)CCN(C(=O)Cn1c(=O)cnc2ccccc21)c1ccc(F)cc1.